The lowest BCUT2D eigenvalue weighted by Crippen LogP contribution is -2.24. The molecule has 0 aliphatic heterocycles. The van der Waals surface area contributed by atoms with Crippen LogP contribution in [0.1, 0.15) is 57.2 Å². The van der Waals surface area contributed by atoms with Gasteiger partial charge in [0.05, 0.1) is 0 Å². The van der Waals surface area contributed by atoms with Crippen molar-refractivity contribution in [1.29, 1.82) is 0 Å². The first-order chi connectivity index (χ1) is 8.58. The third-order valence-electron chi connectivity index (χ3n) is 3.57. The molecule has 1 aromatic rings. The number of benzene rings is 1. The predicted octanol–water partition coefficient (Wildman–Crippen LogP) is 4.61. The molecule has 0 aliphatic carbocycles. The Labute approximate surface area is 111 Å². The highest BCUT2D eigenvalue weighted by Crippen LogP contribution is 2.24. The standard InChI is InChI=1S/C16H26FN/c1-5-9-18-16(10-12(3)6-2)14-8-7-13(4)15(17)11-14/h7-8,11-12,16,18H,5-6,9-10H2,1-4H3. The van der Waals surface area contributed by atoms with Crippen LogP contribution in [0.5, 0.6) is 0 Å². The summed E-state index contributed by atoms with van der Waals surface area (Å²) >= 11 is 0. The van der Waals surface area contributed by atoms with Crippen LogP contribution in [-0.4, -0.2) is 6.54 Å². The topological polar surface area (TPSA) is 12.0 Å². The molecule has 0 spiro atoms. The fraction of sp³-hybridized carbons (Fsp3) is 0.625. The first kappa shape index (κ1) is 15.2. The lowest BCUT2D eigenvalue weighted by atomic mass is 9.93. The zero-order valence-corrected chi connectivity index (χ0v) is 12.1. The van der Waals surface area contributed by atoms with E-state index in [1.165, 1.54) is 6.42 Å². The predicted molar refractivity (Wildman–Crippen MR) is 76.2 cm³/mol. The van der Waals surface area contributed by atoms with E-state index in [0.717, 1.165) is 30.5 Å². The second-order valence-electron chi connectivity index (χ2n) is 5.26. The van der Waals surface area contributed by atoms with E-state index in [0.29, 0.717) is 5.92 Å². The molecule has 1 rings (SSSR count). The maximum absolute atomic E-state index is 13.7. The van der Waals surface area contributed by atoms with Crippen LogP contribution < -0.4 is 5.32 Å². The second-order valence-corrected chi connectivity index (χ2v) is 5.26. The summed E-state index contributed by atoms with van der Waals surface area (Å²) in [5, 5.41) is 3.53. The van der Waals surface area contributed by atoms with Crippen LogP contribution in [0, 0.1) is 18.7 Å². The van der Waals surface area contributed by atoms with Crippen molar-refractivity contribution in [3.8, 4) is 0 Å². The zero-order chi connectivity index (χ0) is 13.5. The lowest BCUT2D eigenvalue weighted by Gasteiger charge is -2.22. The Morgan fingerprint density at radius 2 is 2.00 bits per heavy atom. The minimum absolute atomic E-state index is 0.0973. The summed E-state index contributed by atoms with van der Waals surface area (Å²) < 4.78 is 13.7. The van der Waals surface area contributed by atoms with Gasteiger partial charge in [-0.25, -0.2) is 4.39 Å². The average molecular weight is 251 g/mol. The summed E-state index contributed by atoms with van der Waals surface area (Å²) in [4.78, 5) is 0. The van der Waals surface area contributed by atoms with Gasteiger partial charge in [-0.3, -0.25) is 0 Å². The smallest absolute Gasteiger partial charge is 0.126 e. The van der Waals surface area contributed by atoms with Gasteiger partial charge in [0.2, 0.25) is 0 Å². The summed E-state index contributed by atoms with van der Waals surface area (Å²) in [6, 6.07) is 5.89. The Kier molecular flexibility index (Phi) is 6.34. The zero-order valence-electron chi connectivity index (χ0n) is 12.1. The highest BCUT2D eigenvalue weighted by Gasteiger charge is 2.14. The molecule has 0 radical (unpaired) electrons. The summed E-state index contributed by atoms with van der Waals surface area (Å²) in [5.74, 6) is 0.559. The summed E-state index contributed by atoms with van der Waals surface area (Å²) in [7, 11) is 0. The van der Waals surface area contributed by atoms with Gasteiger partial charge in [0.15, 0.2) is 0 Å². The molecule has 102 valence electrons. The average Bonchev–Trinajstić information content (AvgIpc) is 2.37. The van der Waals surface area contributed by atoms with Crippen molar-refractivity contribution >= 4 is 0 Å². The Bertz CT molecular complexity index is 362. The van der Waals surface area contributed by atoms with Crippen LogP contribution in [0.25, 0.3) is 0 Å². The fourth-order valence-electron chi connectivity index (χ4n) is 2.05. The summed E-state index contributed by atoms with van der Waals surface area (Å²) in [6.45, 7) is 9.41. The van der Waals surface area contributed by atoms with Crippen molar-refractivity contribution < 1.29 is 4.39 Å². The summed E-state index contributed by atoms with van der Waals surface area (Å²) in [6.07, 6.45) is 3.34. The SMILES string of the molecule is CCCNC(CC(C)CC)c1ccc(C)c(F)c1. The molecule has 0 saturated carbocycles. The van der Waals surface area contributed by atoms with E-state index in [1.807, 2.05) is 19.1 Å². The number of rotatable bonds is 7. The maximum atomic E-state index is 13.7. The molecule has 18 heavy (non-hydrogen) atoms. The maximum Gasteiger partial charge on any atom is 0.126 e. The van der Waals surface area contributed by atoms with E-state index in [4.69, 9.17) is 0 Å². The van der Waals surface area contributed by atoms with Crippen molar-refractivity contribution in [3.63, 3.8) is 0 Å². The molecular formula is C16H26FN. The number of aryl methyl sites for hydroxylation is 1. The van der Waals surface area contributed by atoms with E-state index in [2.05, 4.69) is 26.1 Å². The van der Waals surface area contributed by atoms with Crippen molar-refractivity contribution in [2.75, 3.05) is 6.54 Å². The van der Waals surface area contributed by atoms with Crippen molar-refractivity contribution in [2.24, 2.45) is 5.92 Å². The van der Waals surface area contributed by atoms with Gasteiger partial charge < -0.3 is 5.32 Å². The second kappa shape index (κ2) is 7.52. The molecule has 2 unspecified atom stereocenters. The van der Waals surface area contributed by atoms with Crippen molar-refractivity contribution in [1.82, 2.24) is 5.32 Å². The van der Waals surface area contributed by atoms with Gasteiger partial charge in [0.1, 0.15) is 5.82 Å². The monoisotopic (exact) mass is 251 g/mol. The van der Waals surface area contributed by atoms with Gasteiger partial charge in [-0.15, -0.1) is 0 Å². The highest BCUT2D eigenvalue weighted by molar-refractivity contribution is 5.25. The minimum atomic E-state index is -0.0973. The largest absolute Gasteiger partial charge is 0.310 e. The van der Waals surface area contributed by atoms with Crippen molar-refractivity contribution in [2.45, 2.75) is 53.0 Å². The van der Waals surface area contributed by atoms with Crippen LogP contribution >= 0.6 is 0 Å². The number of hydrogen-bond acceptors (Lipinski definition) is 1. The summed E-state index contributed by atoms with van der Waals surface area (Å²) in [5.41, 5.74) is 1.79. The molecule has 2 atom stereocenters. The van der Waals surface area contributed by atoms with Crippen LogP contribution in [0.2, 0.25) is 0 Å². The molecule has 0 saturated heterocycles. The molecule has 0 heterocycles. The van der Waals surface area contributed by atoms with E-state index in [-0.39, 0.29) is 11.9 Å². The van der Waals surface area contributed by atoms with E-state index >= 15 is 0 Å². The highest BCUT2D eigenvalue weighted by atomic mass is 19.1. The Morgan fingerprint density at radius 3 is 2.56 bits per heavy atom. The number of nitrogens with one attached hydrogen (secondary N) is 1. The molecule has 2 heteroatoms. The minimum Gasteiger partial charge on any atom is -0.310 e. The van der Waals surface area contributed by atoms with Gasteiger partial charge in [-0.05, 0) is 49.4 Å². The molecule has 1 aromatic carbocycles. The van der Waals surface area contributed by atoms with Crippen LogP contribution in [0.15, 0.2) is 18.2 Å². The first-order valence-electron chi connectivity index (χ1n) is 7.07. The lowest BCUT2D eigenvalue weighted by molar-refractivity contribution is 0.401. The van der Waals surface area contributed by atoms with Gasteiger partial charge in [0, 0.05) is 6.04 Å². The fourth-order valence-corrected chi connectivity index (χ4v) is 2.05. The van der Waals surface area contributed by atoms with E-state index < -0.39 is 0 Å². The van der Waals surface area contributed by atoms with Gasteiger partial charge in [0.25, 0.3) is 0 Å². The molecule has 1 nitrogen and oxygen atoms in total. The third-order valence-corrected chi connectivity index (χ3v) is 3.57. The Morgan fingerprint density at radius 1 is 1.28 bits per heavy atom. The molecule has 0 fully saturated rings. The van der Waals surface area contributed by atoms with E-state index in [1.54, 1.807) is 6.07 Å². The molecule has 1 N–H and O–H groups in total. The van der Waals surface area contributed by atoms with Gasteiger partial charge in [-0.1, -0.05) is 39.3 Å². The van der Waals surface area contributed by atoms with Crippen LogP contribution in [0.3, 0.4) is 0 Å². The first-order valence-corrected chi connectivity index (χ1v) is 7.07. The van der Waals surface area contributed by atoms with Gasteiger partial charge in [-0.2, -0.15) is 0 Å². The Hall–Kier alpha value is -0.890. The quantitative estimate of drug-likeness (QED) is 0.746. The normalized spacial score (nSPS) is 14.5. The number of hydrogen-bond donors (Lipinski definition) is 1. The molecule has 0 aliphatic rings. The van der Waals surface area contributed by atoms with Crippen molar-refractivity contribution in [3.05, 3.63) is 35.1 Å². The molecule has 0 amide bonds. The van der Waals surface area contributed by atoms with Gasteiger partial charge >= 0.3 is 0 Å². The number of halogens is 1. The Balaban J connectivity index is 2.82. The third kappa shape index (κ3) is 4.41. The van der Waals surface area contributed by atoms with Crippen LogP contribution in [0.4, 0.5) is 4.39 Å². The van der Waals surface area contributed by atoms with E-state index in [9.17, 15) is 4.39 Å². The van der Waals surface area contributed by atoms with Crippen LogP contribution in [-0.2, 0) is 0 Å². The molecule has 0 bridgehead atoms. The molecular weight excluding hydrogens is 225 g/mol. The molecule has 0 aromatic heterocycles.